The Balaban J connectivity index is 2.03. The van der Waals surface area contributed by atoms with E-state index in [9.17, 15) is 39.9 Å². The number of aliphatic hydroxyl groups excluding tert-OH is 3. The third-order valence-corrected chi connectivity index (χ3v) is 6.54. The molecule has 0 radical (unpaired) electrons. The first-order chi connectivity index (χ1) is 14.4. The second-order valence-electron chi connectivity index (χ2n) is 8.36. The van der Waals surface area contributed by atoms with Crippen LogP contribution in [0.5, 0.6) is 5.75 Å². The fourth-order valence-electron chi connectivity index (χ4n) is 5.19. The number of benzene rings is 1. The second-order valence-corrected chi connectivity index (χ2v) is 8.36. The zero-order valence-electron chi connectivity index (χ0n) is 16.7. The molecule has 0 bridgehead atoms. The number of Topliss-reactive ketones (excluding diaryl/α,β-unsaturated/α-hetero) is 2. The number of ketones is 2. The average molecular weight is 430 g/mol. The van der Waals surface area contributed by atoms with Gasteiger partial charge in [-0.1, -0.05) is 12.1 Å². The summed E-state index contributed by atoms with van der Waals surface area (Å²) in [6.07, 6.45) is -1.53. The van der Waals surface area contributed by atoms with E-state index in [-0.39, 0.29) is 17.7 Å². The van der Waals surface area contributed by atoms with E-state index in [2.05, 4.69) is 0 Å². The van der Waals surface area contributed by atoms with Crippen molar-refractivity contribution in [1.29, 1.82) is 0 Å². The number of aromatic hydroxyl groups is 1. The highest BCUT2D eigenvalue weighted by molar-refractivity contribution is 6.24. The van der Waals surface area contributed by atoms with Crippen molar-refractivity contribution in [3.63, 3.8) is 0 Å². The number of nitrogens with zero attached hydrogens (tertiary/aromatic N) is 1. The van der Waals surface area contributed by atoms with E-state index in [0.29, 0.717) is 5.56 Å². The predicted molar refractivity (Wildman–Crippen MR) is 106 cm³/mol. The van der Waals surface area contributed by atoms with Gasteiger partial charge < -0.3 is 31.3 Å². The molecule has 4 rings (SSSR count). The second kappa shape index (κ2) is 6.64. The number of amides is 1. The molecule has 10 nitrogen and oxygen atoms in total. The number of primary amides is 1. The van der Waals surface area contributed by atoms with Crippen molar-refractivity contribution < 1.29 is 39.9 Å². The van der Waals surface area contributed by atoms with Gasteiger partial charge in [0.15, 0.2) is 11.4 Å². The third kappa shape index (κ3) is 2.52. The Morgan fingerprint density at radius 3 is 2.42 bits per heavy atom. The number of carbonyl (C=O) groups is 3. The Bertz CT molecular complexity index is 1100. The number of aliphatic hydroxyl groups is 4. The molecule has 0 heterocycles. The van der Waals surface area contributed by atoms with Gasteiger partial charge in [0.25, 0.3) is 5.91 Å². The number of hydrogen-bond acceptors (Lipinski definition) is 9. The summed E-state index contributed by atoms with van der Waals surface area (Å²) in [4.78, 5) is 39.7. The maximum Gasteiger partial charge on any atom is 0.255 e. The summed E-state index contributed by atoms with van der Waals surface area (Å²) in [5.41, 5.74) is 1.46. The van der Waals surface area contributed by atoms with Gasteiger partial charge >= 0.3 is 0 Å². The van der Waals surface area contributed by atoms with Gasteiger partial charge in [0, 0.05) is 11.5 Å². The number of hydrogen-bond donors (Lipinski definition) is 6. The lowest BCUT2D eigenvalue weighted by atomic mass is 9.56. The van der Waals surface area contributed by atoms with Gasteiger partial charge in [-0.15, -0.1) is 0 Å². The summed E-state index contributed by atoms with van der Waals surface area (Å²) >= 11 is 0. The highest BCUT2D eigenvalue weighted by atomic mass is 16.4. The van der Waals surface area contributed by atoms with Crippen LogP contribution in [0.4, 0.5) is 0 Å². The number of phenols is 1. The minimum absolute atomic E-state index is 0.0222. The molecule has 1 saturated carbocycles. The van der Waals surface area contributed by atoms with Crippen molar-refractivity contribution in [2.24, 2.45) is 17.6 Å². The van der Waals surface area contributed by atoms with Crippen LogP contribution in [0.15, 0.2) is 35.1 Å². The van der Waals surface area contributed by atoms with Crippen molar-refractivity contribution >= 4 is 23.2 Å². The average Bonchev–Trinajstić information content (AvgIpc) is 2.67. The predicted octanol–water partition coefficient (Wildman–Crippen LogP) is -1.07. The maximum atomic E-state index is 13.5. The Kier molecular flexibility index (Phi) is 4.51. The number of nitrogens with two attached hydrogens (primary N) is 1. The molecule has 0 aromatic heterocycles. The minimum Gasteiger partial charge on any atom is -0.508 e. The maximum absolute atomic E-state index is 13.5. The van der Waals surface area contributed by atoms with Crippen molar-refractivity contribution in [2.75, 3.05) is 14.1 Å². The van der Waals surface area contributed by atoms with Crippen molar-refractivity contribution in [3.05, 3.63) is 46.2 Å². The molecular formula is C21H22N2O8. The highest BCUT2D eigenvalue weighted by Gasteiger charge is 2.67. The molecule has 1 fully saturated rings. The molecule has 1 aromatic carbocycles. The largest absolute Gasteiger partial charge is 0.508 e. The first kappa shape index (κ1) is 21.0. The van der Waals surface area contributed by atoms with Crippen LogP contribution >= 0.6 is 0 Å². The molecule has 0 aliphatic heterocycles. The van der Waals surface area contributed by atoms with Crippen LogP contribution in [0.2, 0.25) is 0 Å². The van der Waals surface area contributed by atoms with E-state index < -0.39 is 69.7 Å². The number of fused-ring (bicyclic) bond motifs is 3. The van der Waals surface area contributed by atoms with Crippen LogP contribution in [0.25, 0.3) is 5.76 Å². The number of likely N-dealkylation sites (N-methyl/N-ethyl adjacent to an activating group) is 1. The zero-order chi connectivity index (χ0) is 23.0. The van der Waals surface area contributed by atoms with Gasteiger partial charge in [0.05, 0.1) is 23.6 Å². The van der Waals surface area contributed by atoms with Gasteiger partial charge in [-0.2, -0.15) is 0 Å². The number of carbonyl (C=O) groups excluding carboxylic acids is 3. The van der Waals surface area contributed by atoms with E-state index in [0.717, 1.165) is 0 Å². The summed E-state index contributed by atoms with van der Waals surface area (Å²) in [7, 11) is 2.91. The van der Waals surface area contributed by atoms with Gasteiger partial charge in [-0.25, -0.2) is 0 Å². The summed E-state index contributed by atoms with van der Waals surface area (Å²) in [6.45, 7) is 0. The lowest BCUT2D eigenvalue weighted by Gasteiger charge is -2.52. The Hall–Kier alpha value is -3.21. The molecule has 7 N–H and O–H groups in total. The lowest BCUT2D eigenvalue weighted by Crippen LogP contribution is -2.70. The van der Waals surface area contributed by atoms with Gasteiger partial charge in [0.1, 0.15) is 22.8 Å². The van der Waals surface area contributed by atoms with E-state index in [1.54, 1.807) is 12.1 Å². The molecule has 164 valence electrons. The molecule has 3 aliphatic carbocycles. The molecule has 1 amide bonds. The Morgan fingerprint density at radius 2 is 1.84 bits per heavy atom. The summed E-state index contributed by atoms with van der Waals surface area (Å²) < 4.78 is 0. The molecule has 3 aliphatic rings. The smallest absolute Gasteiger partial charge is 0.255 e. The SMILES string of the molecule is CN(C)[C@@H]1C(=O)C(C(N)=O)=C(O)[C@@]2(O)C(=O)C3=C(O)c4c(O)cccc4C[C@H]3[C@@H](O)[C@@H]12. The van der Waals surface area contributed by atoms with Crippen molar-refractivity contribution in [1.82, 2.24) is 4.90 Å². The third-order valence-electron chi connectivity index (χ3n) is 6.54. The number of phenolic OH excluding ortho intramolecular Hbond substituents is 1. The number of rotatable bonds is 2. The van der Waals surface area contributed by atoms with Gasteiger partial charge in [0.2, 0.25) is 5.78 Å². The van der Waals surface area contributed by atoms with Crippen LogP contribution < -0.4 is 5.73 Å². The van der Waals surface area contributed by atoms with E-state index in [1.165, 1.54) is 25.1 Å². The van der Waals surface area contributed by atoms with E-state index >= 15 is 0 Å². The molecule has 0 spiro atoms. The van der Waals surface area contributed by atoms with E-state index in [4.69, 9.17) is 5.73 Å². The van der Waals surface area contributed by atoms with Crippen molar-refractivity contribution in [3.8, 4) is 5.75 Å². The van der Waals surface area contributed by atoms with Crippen molar-refractivity contribution in [2.45, 2.75) is 24.2 Å². The first-order valence-electron chi connectivity index (χ1n) is 9.58. The van der Waals surface area contributed by atoms with Crippen LogP contribution in [-0.2, 0) is 20.8 Å². The van der Waals surface area contributed by atoms with E-state index in [1.807, 2.05) is 0 Å². The topological polar surface area (TPSA) is 182 Å². The summed E-state index contributed by atoms with van der Waals surface area (Å²) in [5, 5.41) is 54.3. The van der Waals surface area contributed by atoms with Crippen LogP contribution in [0.3, 0.4) is 0 Å². The molecule has 31 heavy (non-hydrogen) atoms. The normalized spacial score (nSPS) is 32.7. The van der Waals surface area contributed by atoms with Crippen LogP contribution in [0, 0.1) is 11.8 Å². The fourth-order valence-corrected chi connectivity index (χ4v) is 5.19. The van der Waals surface area contributed by atoms with Crippen LogP contribution in [-0.4, -0.2) is 79.7 Å². The standard InChI is InChI=1S/C21H22N2O8/c1-23(2)14-13-15(25)8-6-7-4-3-5-9(24)10(7)16(26)11(8)18(28)21(13,31)19(29)12(17(14)27)20(22)30/h3-5,8,13-15,24-26,29,31H,6H2,1-2H3,(H2,22,30)/t8-,13-,14+,15-,21+/m1/s1. The summed E-state index contributed by atoms with van der Waals surface area (Å²) in [5.74, 6) is -8.20. The molecule has 0 unspecified atom stereocenters. The van der Waals surface area contributed by atoms with Crippen LogP contribution in [0.1, 0.15) is 11.1 Å². The lowest BCUT2D eigenvalue weighted by molar-refractivity contribution is -0.168. The Morgan fingerprint density at radius 1 is 1.19 bits per heavy atom. The highest BCUT2D eigenvalue weighted by Crippen LogP contribution is 2.52. The molecule has 10 heteroatoms. The van der Waals surface area contributed by atoms with Gasteiger partial charge in [-0.05, 0) is 32.1 Å². The Labute approximate surface area is 176 Å². The molecular weight excluding hydrogens is 408 g/mol. The van der Waals surface area contributed by atoms with Gasteiger partial charge in [-0.3, -0.25) is 19.3 Å². The first-order valence-corrected chi connectivity index (χ1v) is 9.58. The molecule has 1 aromatic rings. The fraction of sp³-hybridized carbons (Fsp3) is 0.381. The minimum atomic E-state index is -2.88. The molecule has 0 saturated heterocycles. The quantitative estimate of drug-likeness (QED) is 0.318. The zero-order valence-corrected chi connectivity index (χ0v) is 16.7. The summed E-state index contributed by atoms with van der Waals surface area (Å²) in [6, 6.07) is 3.11. The molecule has 5 atom stereocenters. The monoisotopic (exact) mass is 430 g/mol.